The minimum absolute atomic E-state index is 0.0578. The van der Waals surface area contributed by atoms with Crippen LogP contribution in [0.1, 0.15) is 33.0 Å². The smallest absolute Gasteiger partial charge is 0.274 e. The van der Waals surface area contributed by atoms with Gasteiger partial charge in [-0.2, -0.15) is 0 Å². The summed E-state index contributed by atoms with van der Waals surface area (Å²) in [6, 6.07) is 2.87. The maximum absolute atomic E-state index is 12.3. The predicted octanol–water partition coefficient (Wildman–Crippen LogP) is 1.73. The summed E-state index contributed by atoms with van der Waals surface area (Å²) in [5.41, 5.74) is 0. The number of hydrogen-bond donors (Lipinski definition) is 2. The normalized spacial score (nSPS) is 13.8. The molecule has 0 aliphatic rings. The molecule has 1 aromatic heterocycles. The summed E-state index contributed by atoms with van der Waals surface area (Å²) in [6.45, 7) is 7.65. The fourth-order valence-electron chi connectivity index (χ4n) is 1.79. The predicted molar refractivity (Wildman–Crippen MR) is 81.5 cm³/mol. The summed E-state index contributed by atoms with van der Waals surface area (Å²) < 4.78 is 37.6. The molecular weight excluding hydrogens is 292 g/mol. The molecule has 0 aromatic carbocycles. The maximum atomic E-state index is 12.3. The highest BCUT2D eigenvalue weighted by atomic mass is 32.2. The first-order valence-electron chi connectivity index (χ1n) is 7.21. The van der Waals surface area contributed by atoms with E-state index in [9.17, 15) is 8.42 Å². The van der Waals surface area contributed by atoms with Gasteiger partial charge in [0.25, 0.3) is 10.0 Å². The van der Waals surface area contributed by atoms with Crippen molar-refractivity contribution in [3.05, 3.63) is 17.9 Å². The first-order chi connectivity index (χ1) is 9.90. The lowest BCUT2D eigenvalue weighted by atomic mass is 10.1. The Balaban J connectivity index is 2.73. The lowest BCUT2D eigenvalue weighted by molar-refractivity contribution is 0.157. The zero-order chi connectivity index (χ0) is 15.9. The standard InChI is InChI=1S/C14H26N2O4S/c1-5-8-15-9-12-6-7-14(20-12)21(17,18)16-13(10-19-4)11(2)3/h6-7,11,13,15-16H,5,8-10H2,1-4H3. The molecule has 6 nitrogen and oxygen atoms in total. The number of ether oxygens (including phenoxy) is 1. The van der Waals surface area contributed by atoms with Gasteiger partial charge < -0.3 is 14.5 Å². The van der Waals surface area contributed by atoms with Crippen LogP contribution in [0, 0.1) is 5.92 Å². The van der Waals surface area contributed by atoms with Gasteiger partial charge in [0.2, 0.25) is 5.09 Å². The summed E-state index contributed by atoms with van der Waals surface area (Å²) in [5, 5.41) is 3.11. The molecule has 0 spiro atoms. The van der Waals surface area contributed by atoms with Gasteiger partial charge in [0, 0.05) is 13.2 Å². The molecule has 0 amide bonds. The largest absolute Gasteiger partial charge is 0.447 e. The van der Waals surface area contributed by atoms with Crippen molar-refractivity contribution in [2.45, 2.75) is 44.9 Å². The highest BCUT2D eigenvalue weighted by Gasteiger charge is 2.25. The van der Waals surface area contributed by atoms with Gasteiger partial charge >= 0.3 is 0 Å². The maximum Gasteiger partial charge on any atom is 0.274 e. The lowest BCUT2D eigenvalue weighted by Crippen LogP contribution is -2.41. The molecule has 21 heavy (non-hydrogen) atoms. The van der Waals surface area contributed by atoms with E-state index in [1.807, 2.05) is 13.8 Å². The van der Waals surface area contributed by atoms with Crippen LogP contribution in [-0.2, 0) is 21.3 Å². The molecule has 7 heteroatoms. The van der Waals surface area contributed by atoms with Crippen molar-refractivity contribution in [1.29, 1.82) is 0 Å². The molecule has 1 atom stereocenters. The van der Waals surface area contributed by atoms with Crippen molar-refractivity contribution < 1.29 is 17.6 Å². The van der Waals surface area contributed by atoms with E-state index in [4.69, 9.17) is 9.15 Å². The van der Waals surface area contributed by atoms with Crippen LogP contribution >= 0.6 is 0 Å². The number of nitrogens with one attached hydrogen (secondary N) is 2. The van der Waals surface area contributed by atoms with E-state index in [1.54, 1.807) is 13.2 Å². The summed E-state index contributed by atoms with van der Waals surface area (Å²) in [4.78, 5) is 0. The van der Waals surface area contributed by atoms with Crippen molar-refractivity contribution in [3.8, 4) is 0 Å². The average Bonchev–Trinajstić information content (AvgIpc) is 2.88. The molecule has 0 saturated carbocycles. The number of hydrogen-bond acceptors (Lipinski definition) is 5. The Kier molecular flexibility index (Phi) is 7.37. The van der Waals surface area contributed by atoms with Crippen LogP contribution < -0.4 is 10.0 Å². The van der Waals surface area contributed by atoms with E-state index >= 15 is 0 Å². The quantitative estimate of drug-likeness (QED) is 0.642. The van der Waals surface area contributed by atoms with Gasteiger partial charge in [0.05, 0.1) is 13.2 Å². The van der Waals surface area contributed by atoms with E-state index in [0.717, 1.165) is 13.0 Å². The molecule has 122 valence electrons. The van der Waals surface area contributed by atoms with Crippen molar-refractivity contribution in [2.24, 2.45) is 5.92 Å². The van der Waals surface area contributed by atoms with Crippen molar-refractivity contribution in [2.75, 3.05) is 20.3 Å². The van der Waals surface area contributed by atoms with E-state index in [0.29, 0.717) is 18.9 Å². The van der Waals surface area contributed by atoms with Crippen LogP contribution in [0.3, 0.4) is 0 Å². The molecule has 1 aromatic rings. The Hall–Kier alpha value is -0.890. The van der Waals surface area contributed by atoms with E-state index in [1.165, 1.54) is 6.07 Å². The Morgan fingerprint density at radius 2 is 2.05 bits per heavy atom. The second-order valence-corrected chi connectivity index (χ2v) is 6.97. The van der Waals surface area contributed by atoms with Gasteiger partial charge in [-0.05, 0) is 31.0 Å². The third-order valence-corrected chi connectivity index (χ3v) is 4.45. The molecular formula is C14H26N2O4S. The highest BCUT2D eigenvalue weighted by molar-refractivity contribution is 7.89. The first kappa shape index (κ1) is 18.2. The van der Waals surface area contributed by atoms with E-state index < -0.39 is 10.0 Å². The highest BCUT2D eigenvalue weighted by Crippen LogP contribution is 2.15. The number of rotatable bonds is 10. The summed E-state index contributed by atoms with van der Waals surface area (Å²) in [5.74, 6) is 0.733. The zero-order valence-corrected chi connectivity index (χ0v) is 14.0. The fourth-order valence-corrected chi connectivity index (χ4v) is 3.10. The van der Waals surface area contributed by atoms with Crippen LogP contribution in [0.15, 0.2) is 21.6 Å². The zero-order valence-electron chi connectivity index (χ0n) is 13.2. The van der Waals surface area contributed by atoms with Gasteiger partial charge in [0.1, 0.15) is 5.76 Å². The minimum atomic E-state index is -3.66. The molecule has 0 saturated heterocycles. The van der Waals surface area contributed by atoms with Crippen LogP contribution in [0.4, 0.5) is 0 Å². The second kappa shape index (κ2) is 8.53. The topological polar surface area (TPSA) is 80.6 Å². The van der Waals surface area contributed by atoms with E-state index in [-0.39, 0.29) is 17.1 Å². The SMILES string of the molecule is CCCNCc1ccc(S(=O)(=O)NC(COC)C(C)C)o1. The van der Waals surface area contributed by atoms with Gasteiger partial charge in [-0.15, -0.1) is 0 Å². The summed E-state index contributed by atoms with van der Waals surface area (Å²) >= 11 is 0. The molecule has 2 N–H and O–H groups in total. The van der Waals surface area contributed by atoms with Crippen LogP contribution in [0.2, 0.25) is 0 Å². The molecule has 0 fully saturated rings. The van der Waals surface area contributed by atoms with Gasteiger partial charge in [0.15, 0.2) is 0 Å². The monoisotopic (exact) mass is 318 g/mol. The molecule has 1 rings (SSSR count). The Morgan fingerprint density at radius 1 is 1.33 bits per heavy atom. The molecule has 1 heterocycles. The van der Waals surface area contributed by atoms with Gasteiger partial charge in [-0.3, -0.25) is 0 Å². The average molecular weight is 318 g/mol. The van der Waals surface area contributed by atoms with Crippen molar-refractivity contribution in [1.82, 2.24) is 10.0 Å². The van der Waals surface area contributed by atoms with Gasteiger partial charge in [-0.1, -0.05) is 20.8 Å². The fraction of sp³-hybridized carbons (Fsp3) is 0.714. The van der Waals surface area contributed by atoms with Crippen LogP contribution in [-0.4, -0.2) is 34.7 Å². The van der Waals surface area contributed by atoms with Crippen molar-refractivity contribution in [3.63, 3.8) is 0 Å². The second-order valence-electron chi connectivity index (χ2n) is 5.32. The first-order valence-corrected chi connectivity index (χ1v) is 8.69. The Labute approximate surface area is 127 Å². The molecule has 0 aliphatic carbocycles. The number of methoxy groups -OCH3 is 1. The van der Waals surface area contributed by atoms with E-state index in [2.05, 4.69) is 17.0 Å². The van der Waals surface area contributed by atoms with Crippen molar-refractivity contribution >= 4 is 10.0 Å². The number of sulfonamides is 1. The third-order valence-electron chi connectivity index (χ3n) is 3.09. The third kappa shape index (κ3) is 5.78. The molecule has 0 aliphatic heterocycles. The Morgan fingerprint density at radius 3 is 2.62 bits per heavy atom. The summed E-state index contributed by atoms with van der Waals surface area (Å²) in [7, 11) is -2.11. The lowest BCUT2D eigenvalue weighted by Gasteiger charge is -2.20. The molecule has 0 radical (unpaired) electrons. The molecule has 0 bridgehead atoms. The van der Waals surface area contributed by atoms with Crippen LogP contribution in [0.25, 0.3) is 0 Å². The van der Waals surface area contributed by atoms with Gasteiger partial charge in [-0.25, -0.2) is 13.1 Å². The minimum Gasteiger partial charge on any atom is -0.447 e. The van der Waals surface area contributed by atoms with Crippen LogP contribution in [0.5, 0.6) is 0 Å². The summed E-state index contributed by atoms with van der Waals surface area (Å²) in [6.07, 6.45) is 1.01. The molecule has 1 unspecified atom stereocenters. The Bertz CT molecular complexity index is 511. The number of furan rings is 1.